The summed E-state index contributed by atoms with van der Waals surface area (Å²) in [5.74, 6) is -0.423. The van der Waals surface area contributed by atoms with Crippen LogP contribution >= 0.6 is 0 Å². The average Bonchev–Trinajstić information content (AvgIpc) is 2.07. The van der Waals surface area contributed by atoms with E-state index >= 15 is 0 Å². The number of rotatable bonds is 2. The summed E-state index contributed by atoms with van der Waals surface area (Å²) >= 11 is 0. The molecular formula is C8H5N2O-. The Morgan fingerprint density at radius 3 is 2.55 bits per heavy atom. The molecule has 0 radical (unpaired) electrons. The van der Waals surface area contributed by atoms with Crippen molar-refractivity contribution in [1.29, 1.82) is 0 Å². The van der Waals surface area contributed by atoms with Crippen molar-refractivity contribution in [2.45, 2.75) is 0 Å². The Kier molecular flexibility index (Phi) is 2.31. The van der Waals surface area contributed by atoms with E-state index in [4.69, 9.17) is 5.53 Å². The number of hydrogen-bond acceptors (Lipinski definition) is 1. The summed E-state index contributed by atoms with van der Waals surface area (Å²) in [6.07, 6.45) is 1.90. The molecule has 1 aromatic rings. The van der Waals surface area contributed by atoms with Gasteiger partial charge in [0.05, 0.1) is 0 Å². The van der Waals surface area contributed by atoms with Gasteiger partial charge in [0.25, 0.3) is 0 Å². The molecule has 0 heterocycles. The maximum absolute atomic E-state index is 10.9. The molecule has 54 valence electrons. The van der Waals surface area contributed by atoms with Crippen molar-refractivity contribution in [2.24, 2.45) is 0 Å². The third kappa shape index (κ3) is 1.85. The van der Waals surface area contributed by atoms with Gasteiger partial charge in [-0.2, -0.15) is 0 Å². The van der Waals surface area contributed by atoms with E-state index in [0.29, 0.717) is 5.56 Å². The minimum absolute atomic E-state index is 0.423. The zero-order chi connectivity index (χ0) is 8.10. The van der Waals surface area contributed by atoms with E-state index in [1.165, 1.54) is 0 Å². The van der Waals surface area contributed by atoms with Crippen LogP contribution in [0.1, 0.15) is 10.4 Å². The second-order valence-corrected chi connectivity index (χ2v) is 1.91. The first kappa shape index (κ1) is 7.38. The maximum atomic E-state index is 10.9. The molecule has 0 N–H and O–H groups in total. The predicted octanol–water partition coefficient (Wildman–Crippen LogP) is 1.05. The van der Waals surface area contributed by atoms with Crippen LogP contribution < -0.4 is 0 Å². The molecule has 0 unspecified atom stereocenters. The summed E-state index contributed by atoms with van der Waals surface area (Å²) < 4.78 is 0. The Hall–Kier alpha value is -1.73. The Morgan fingerprint density at radius 1 is 1.36 bits per heavy atom. The zero-order valence-corrected chi connectivity index (χ0v) is 5.69. The van der Waals surface area contributed by atoms with Gasteiger partial charge >= 0.3 is 0 Å². The quantitative estimate of drug-likeness (QED) is 0.202. The second kappa shape index (κ2) is 3.44. The van der Waals surface area contributed by atoms with Gasteiger partial charge in [0.15, 0.2) is 0 Å². The molecule has 0 fully saturated rings. The SMILES string of the molecule is [N-]=[N+]=[C-]C(=O)c1ccccc1. The lowest BCUT2D eigenvalue weighted by Crippen LogP contribution is -1.99. The second-order valence-electron chi connectivity index (χ2n) is 1.91. The van der Waals surface area contributed by atoms with E-state index in [0.717, 1.165) is 0 Å². The number of hydrogen-bond donors (Lipinski definition) is 0. The highest BCUT2D eigenvalue weighted by Crippen LogP contribution is 1.96. The number of Topliss-reactive ketones (excluding diaryl/α,β-unsaturated/α-hetero) is 1. The Bertz CT molecular complexity index is 299. The smallest absolute Gasteiger partial charge is 0.226 e. The third-order valence-electron chi connectivity index (χ3n) is 1.19. The van der Waals surface area contributed by atoms with Crippen molar-refractivity contribution in [3.8, 4) is 0 Å². The third-order valence-corrected chi connectivity index (χ3v) is 1.19. The highest BCUT2D eigenvalue weighted by Gasteiger charge is 1.91. The van der Waals surface area contributed by atoms with Gasteiger partial charge in [0.2, 0.25) is 6.21 Å². The molecule has 0 bridgehead atoms. The zero-order valence-electron chi connectivity index (χ0n) is 5.69. The highest BCUT2D eigenvalue weighted by atomic mass is 16.1. The minimum Gasteiger partial charge on any atom is -0.385 e. The first-order valence-electron chi connectivity index (χ1n) is 3.04. The lowest BCUT2D eigenvalue weighted by Gasteiger charge is -1.97. The number of carbonyl (C=O) groups excluding carboxylic acids is 1. The standard InChI is InChI=1S/C8H5N2O/c9-10-6-8(11)7-4-2-1-3-5-7/h1-5H/q-1. The van der Waals surface area contributed by atoms with Crippen LogP contribution in [-0.2, 0) is 0 Å². The summed E-state index contributed by atoms with van der Waals surface area (Å²) in [5, 5.41) is 0. The topological polar surface area (TPSA) is 53.5 Å². The van der Waals surface area contributed by atoms with Gasteiger partial charge in [-0.1, -0.05) is 18.2 Å². The summed E-state index contributed by atoms with van der Waals surface area (Å²) in [6, 6.07) is 8.51. The maximum Gasteiger partial charge on any atom is 0.226 e. The van der Waals surface area contributed by atoms with Crippen LogP contribution in [0.4, 0.5) is 0 Å². The summed E-state index contributed by atoms with van der Waals surface area (Å²) in [6.45, 7) is 0. The summed E-state index contributed by atoms with van der Waals surface area (Å²) in [4.78, 5) is 13.4. The number of benzene rings is 1. The first-order valence-corrected chi connectivity index (χ1v) is 3.04. The van der Waals surface area contributed by atoms with Crippen LogP contribution in [0, 0.1) is 0 Å². The van der Waals surface area contributed by atoms with Crippen molar-refractivity contribution in [3.63, 3.8) is 0 Å². The lowest BCUT2D eigenvalue weighted by molar-refractivity contribution is 0.00235. The van der Waals surface area contributed by atoms with Gasteiger partial charge in [-0.05, 0) is 0 Å². The van der Waals surface area contributed by atoms with Crippen LogP contribution in [0.15, 0.2) is 30.3 Å². The molecule has 1 aromatic carbocycles. The Balaban J connectivity index is 2.94. The monoisotopic (exact) mass is 145 g/mol. The van der Waals surface area contributed by atoms with Crippen molar-refractivity contribution < 1.29 is 9.58 Å². The van der Waals surface area contributed by atoms with E-state index in [9.17, 15) is 4.79 Å². The van der Waals surface area contributed by atoms with Crippen LogP contribution in [-0.4, -0.2) is 16.8 Å². The van der Waals surface area contributed by atoms with E-state index in [-0.39, 0.29) is 0 Å². The molecule has 0 aromatic heterocycles. The molecule has 0 aliphatic rings. The van der Waals surface area contributed by atoms with Crippen LogP contribution in [0.25, 0.3) is 5.53 Å². The van der Waals surface area contributed by atoms with Crippen molar-refractivity contribution in [3.05, 3.63) is 41.4 Å². The van der Waals surface area contributed by atoms with Crippen molar-refractivity contribution in [2.75, 3.05) is 0 Å². The number of nitrogens with zero attached hydrogens (tertiary/aromatic N) is 2. The molecular weight excluding hydrogens is 140 g/mol. The van der Waals surface area contributed by atoms with Gasteiger partial charge < -0.3 is 10.3 Å². The van der Waals surface area contributed by atoms with E-state index in [1.54, 1.807) is 30.3 Å². The molecule has 3 nitrogen and oxygen atoms in total. The van der Waals surface area contributed by atoms with Crippen LogP contribution in [0.2, 0.25) is 0 Å². The van der Waals surface area contributed by atoms with Gasteiger partial charge in [-0.25, -0.2) is 0 Å². The molecule has 0 saturated carbocycles. The summed E-state index contributed by atoms with van der Waals surface area (Å²) in [7, 11) is 0. The van der Waals surface area contributed by atoms with Gasteiger partial charge in [0, 0.05) is 0 Å². The largest absolute Gasteiger partial charge is 0.385 e. The van der Waals surface area contributed by atoms with Crippen molar-refractivity contribution >= 4 is 12.0 Å². The van der Waals surface area contributed by atoms with E-state index < -0.39 is 5.78 Å². The van der Waals surface area contributed by atoms with Gasteiger partial charge in [-0.3, -0.25) is 4.79 Å². The van der Waals surface area contributed by atoms with Gasteiger partial charge in [0.1, 0.15) is 5.78 Å². The van der Waals surface area contributed by atoms with E-state index in [2.05, 4.69) is 4.79 Å². The highest BCUT2D eigenvalue weighted by molar-refractivity contribution is 6.33. The number of ketones is 1. The Labute approximate surface area is 63.9 Å². The molecule has 0 saturated heterocycles. The molecule has 11 heavy (non-hydrogen) atoms. The Morgan fingerprint density at radius 2 is 2.00 bits per heavy atom. The fourth-order valence-electron chi connectivity index (χ4n) is 0.699. The first-order chi connectivity index (χ1) is 5.34. The molecule has 0 aliphatic heterocycles. The predicted molar refractivity (Wildman–Crippen MR) is 39.4 cm³/mol. The summed E-state index contributed by atoms with van der Waals surface area (Å²) in [5.41, 5.74) is 8.45. The average molecular weight is 145 g/mol. The lowest BCUT2D eigenvalue weighted by atomic mass is 10.1. The van der Waals surface area contributed by atoms with Crippen molar-refractivity contribution in [1.82, 2.24) is 0 Å². The van der Waals surface area contributed by atoms with Crippen LogP contribution in [0.3, 0.4) is 0 Å². The normalized spacial score (nSPS) is 8.36. The molecule has 0 aliphatic carbocycles. The van der Waals surface area contributed by atoms with Gasteiger partial charge in [-0.15, -0.1) is 17.7 Å². The molecule has 0 atom stereocenters. The van der Waals surface area contributed by atoms with E-state index in [1.807, 2.05) is 6.21 Å². The molecule has 3 heteroatoms. The fraction of sp³-hybridized carbons (Fsp3) is 0. The van der Waals surface area contributed by atoms with Crippen LogP contribution in [0.5, 0.6) is 0 Å². The molecule has 0 spiro atoms. The molecule has 0 amide bonds. The number of carbonyl (C=O) groups is 1. The minimum atomic E-state index is -0.423. The molecule has 1 rings (SSSR count). The fourth-order valence-corrected chi connectivity index (χ4v) is 0.699.